The molecule has 1 amide bonds. The molecule has 0 unspecified atom stereocenters. The van der Waals surface area contributed by atoms with Crippen molar-refractivity contribution < 1.29 is 18.8 Å². The maximum absolute atomic E-state index is 13.1. The van der Waals surface area contributed by atoms with Gasteiger partial charge in [0.1, 0.15) is 12.0 Å². The zero-order valence-corrected chi connectivity index (χ0v) is 15.4. The van der Waals surface area contributed by atoms with Crippen molar-refractivity contribution in [2.45, 2.75) is 6.42 Å². The van der Waals surface area contributed by atoms with Gasteiger partial charge in [-0.1, -0.05) is 11.2 Å². The number of carbonyl (C=O) groups excluding carboxylic acids is 1. The molecule has 1 aromatic carbocycles. The number of carbonyl (C=O) groups is 1. The van der Waals surface area contributed by atoms with Crippen LogP contribution in [0.1, 0.15) is 10.6 Å². The summed E-state index contributed by atoms with van der Waals surface area (Å²) in [5.41, 5.74) is 3.18. The number of hydrogen-bond acceptors (Lipinski definition) is 8. The molecule has 3 rings (SSSR count). The molecule has 11 heteroatoms. The summed E-state index contributed by atoms with van der Waals surface area (Å²) in [6, 6.07) is 7.96. The standard InChI is InChI=1S/C15H11BrFN5O3S/c16-11-6-9(3-4-12(11)17)20-24-18-8-13-15(22-25-21-13)19-14(23)7-10-2-1-5-26-10/h1-6,8,20H,7H2,(H,19,22,23)/b18-8+. The predicted octanol–water partition coefficient (Wildman–Crippen LogP) is 3.59. The molecular formula is C15H11BrFN5O3S. The van der Waals surface area contributed by atoms with E-state index in [1.54, 1.807) is 0 Å². The van der Waals surface area contributed by atoms with Crippen molar-refractivity contribution >= 4 is 50.9 Å². The highest BCUT2D eigenvalue weighted by atomic mass is 79.9. The molecule has 0 atom stereocenters. The first kappa shape index (κ1) is 18.0. The minimum Gasteiger partial charge on any atom is -0.306 e. The number of nitrogens with zero attached hydrogens (tertiary/aromatic N) is 3. The molecule has 3 aromatic rings. The molecule has 0 fully saturated rings. The molecule has 0 spiro atoms. The minimum absolute atomic E-state index is 0.128. The van der Waals surface area contributed by atoms with Gasteiger partial charge < -0.3 is 5.32 Å². The fraction of sp³-hybridized carbons (Fsp3) is 0.0667. The molecule has 0 bridgehead atoms. The number of amides is 1. The van der Waals surface area contributed by atoms with Crippen molar-refractivity contribution in [3.63, 3.8) is 0 Å². The third kappa shape index (κ3) is 4.86. The zero-order chi connectivity index (χ0) is 18.4. The Hall–Kier alpha value is -2.79. The lowest BCUT2D eigenvalue weighted by Gasteiger charge is -2.03. The predicted molar refractivity (Wildman–Crippen MR) is 97.4 cm³/mol. The smallest absolute Gasteiger partial charge is 0.230 e. The third-order valence-corrected chi connectivity index (χ3v) is 4.48. The van der Waals surface area contributed by atoms with Gasteiger partial charge in [-0.15, -0.1) is 11.3 Å². The summed E-state index contributed by atoms with van der Waals surface area (Å²) in [6.07, 6.45) is 1.43. The number of oxime groups is 1. The van der Waals surface area contributed by atoms with Crippen LogP contribution in [0, 0.1) is 5.82 Å². The number of aromatic nitrogens is 2. The number of anilines is 2. The maximum Gasteiger partial charge on any atom is 0.230 e. The van der Waals surface area contributed by atoms with Crippen molar-refractivity contribution in [3.05, 3.63) is 56.6 Å². The molecule has 0 saturated heterocycles. The number of halogens is 2. The number of benzene rings is 1. The van der Waals surface area contributed by atoms with E-state index in [1.165, 1.54) is 35.8 Å². The van der Waals surface area contributed by atoms with E-state index in [-0.39, 0.29) is 28.3 Å². The van der Waals surface area contributed by atoms with E-state index in [2.05, 4.69) is 46.8 Å². The van der Waals surface area contributed by atoms with Gasteiger partial charge in [0.25, 0.3) is 0 Å². The van der Waals surface area contributed by atoms with Crippen LogP contribution in [-0.4, -0.2) is 22.4 Å². The topological polar surface area (TPSA) is 102 Å². The van der Waals surface area contributed by atoms with Crippen molar-refractivity contribution in [2.75, 3.05) is 10.8 Å². The van der Waals surface area contributed by atoms with Crippen LogP contribution in [0.2, 0.25) is 0 Å². The first-order chi connectivity index (χ1) is 12.6. The Labute approximate surface area is 159 Å². The molecule has 134 valence electrons. The van der Waals surface area contributed by atoms with Gasteiger partial charge in [0.2, 0.25) is 11.7 Å². The molecule has 0 aliphatic rings. The van der Waals surface area contributed by atoms with Gasteiger partial charge in [0.05, 0.1) is 16.6 Å². The zero-order valence-electron chi connectivity index (χ0n) is 13.0. The maximum atomic E-state index is 13.1. The van der Waals surface area contributed by atoms with Gasteiger partial charge in [-0.25, -0.2) is 9.02 Å². The average molecular weight is 440 g/mol. The fourth-order valence-electron chi connectivity index (χ4n) is 1.83. The summed E-state index contributed by atoms with van der Waals surface area (Å²) in [5.74, 6) is -0.521. The summed E-state index contributed by atoms with van der Waals surface area (Å²) in [4.78, 5) is 17.8. The van der Waals surface area contributed by atoms with E-state index >= 15 is 0 Å². The largest absolute Gasteiger partial charge is 0.306 e. The van der Waals surface area contributed by atoms with E-state index in [1.807, 2.05) is 17.5 Å². The SMILES string of the molecule is O=C(Cc1cccs1)Nc1nonc1/C=N/ONc1ccc(F)c(Br)c1. The molecule has 0 aliphatic heterocycles. The number of rotatable bonds is 7. The summed E-state index contributed by atoms with van der Waals surface area (Å²) < 4.78 is 18.0. The Morgan fingerprint density at radius 1 is 1.42 bits per heavy atom. The lowest BCUT2D eigenvalue weighted by atomic mass is 10.3. The van der Waals surface area contributed by atoms with Crippen LogP contribution in [0.4, 0.5) is 15.9 Å². The summed E-state index contributed by atoms with van der Waals surface area (Å²) in [5, 5.41) is 15.4. The molecule has 0 radical (unpaired) electrons. The van der Waals surface area contributed by atoms with Crippen LogP contribution in [0.15, 0.2) is 50.0 Å². The van der Waals surface area contributed by atoms with E-state index in [0.29, 0.717) is 5.69 Å². The second kappa shape index (κ2) is 8.54. The van der Waals surface area contributed by atoms with Crippen molar-refractivity contribution in [2.24, 2.45) is 5.16 Å². The van der Waals surface area contributed by atoms with Gasteiger partial charge in [-0.05, 0) is 55.9 Å². The van der Waals surface area contributed by atoms with Crippen LogP contribution in [-0.2, 0) is 16.2 Å². The van der Waals surface area contributed by atoms with Gasteiger partial charge in [-0.2, -0.15) is 5.48 Å². The summed E-state index contributed by atoms with van der Waals surface area (Å²) >= 11 is 4.54. The Bertz CT molecular complexity index is 916. The van der Waals surface area contributed by atoms with E-state index < -0.39 is 5.82 Å². The highest BCUT2D eigenvalue weighted by molar-refractivity contribution is 9.10. The average Bonchev–Trinajstić information content (AvgIpc) is 3.27. The Kier molecular flexibility index (Phi) is 5.92. The quantitative estimate of drug-likeness (QED) is 0.430. The van der Waals surface area contributed by atoms with Gasteiger partial charge in [-0.3, -0.25) is 9.73 Å². The molecule has 0 aliphatic carbocycles. The van der Waals surface area contributed by atoms with E-state index in [9.17, 15) is 9.18 Å². The first-order valence-electron chi connectivity index (χ1n) is 7.17. The van der Waals surface area contributed by atoms with Crippen LogP contribution in [0.25, 0.3) is 0 Å². The van der Waals surface area contributed by atoms with Crippen molar-refractivity contribution in [1.29, 1.82) is 0 Å². The molecule has 2 aromatic heterocycles. The number of hydrogen-bond donors (Lipinski definition) is 2. The lowest BCUT2D eigenvalue weighted by molar-refractivity contribution is -0.115. The summed E-state index contributed by atoms with van der Waals surface area (Å²) in [7, 11) is 0. The number of nitrogens with one attached hydrogen (secondary N) is 2. The Morgan fingerprint density at radius 3 is 3.08 bits per heavy atom. The van der Waals surface area contributed by atoms with Crippen LogP contribution >= 0.6 is 27.3 Å². The van der Waals surface area contributed by atoms with Gasteiger partial charge >= 0.3 is 0 Å². The van der Waals surface area contributed by atoms with E-state index in [0.717, 1.165) is 4.88 Å². The molecule has 2 N–H and O–H groups in total. The summed E-state index contributed by atoms with van der Waals surface area (Å²) in [6.45, 7) is 0. The van der Waals surface area contributed by atoms with Crippen molar-refractivity contribution in [1.82, 2.24) is 10.3 Å². The monoisotopic (exact) mass is 439 g/mol. The van der Waals surface area contributed by atoms with Crippen molar-refractivity contribution in [3.8, 4) is 0 Å². The molecule has 8 nitrogen and oxygen atoms in total. The second-order valence-corrected chi connectivity index (χ2v) is 6.75. The van der Waals surface area contributed by atoms with Gasteiger partial charge in [0.15, 0.2) is 5.69 Å². The lowest BCUT2D eigenvalue weighted by Crippen LogP contribution is -2.15. The Balaban J connectivity index is 1.53. The molecular weight excluding hydrogens is 429 g/mol. The normalized spacial score (nSPS) is 10.8. The first-order valence-corrected chi connectivity index (χ1v) is 8.84. The van der Waals surface area contributed by atoms with Crippen LogP contribution in [0.5, 0.6) is 0 Å². The third-order valence-electron chi connectivity index (χ3n) is 3.00. The molecule has 26 heavy (non-hydrogen) atoms. The number of thiophene rings is 1. The second-order valence-electron chi connectivity index (χ2n) is 4.86. The van der Waals surface area contributed by atoms with Gasteiger partial charge in [0, 0.05) is 4.88 Å². The molecule has 0 saturated carbocycles. The Morgan fingerprint density at radius 2 is 2.31 bits per heavy atom. The fourth-order valence-corrected chi connectivity index (χ4v) is 2.91. The van der Waals surface area contributed by atoms with E-state index in [4.69, 9.17) is 4.94 Å². The van der Waals surface area contributed by atoms with Crippen LogP contribution in [0.3, 0.4) is 0 Å². The highest BCUT2D eigenvalue weighted by Crippen LogP contribution is 2.20. The molecule has 2 heterocycles. The van der Waals surface area contributed by atoms with Crippen LogP contribution < -0.4 is 10.8 Å². The highest BCUT2D eigenvalue weighted by Gasteiger charge is 2.12. The minimum atomic E-state index is -0.393.